The molecule has 1 aliphatic rings. The minimum atomic E-state index is -0.437. The van der Waals surface area contributed by atoms with Gasteiger partial charge in [-0.1, -0.05) is 30.3 Å². The molecule has 1 fully saturated rings. The van der Waals surface area contributed by atoms with E-state index < -0.39 is 6.10 Å². The van der Waals surface area contributed by atoms with Crippen LogP contribution in [0.25, 0.3) is 11.3 Å². The Kier molecular flexibility index (Phi) is 4.20. The van der Waals surface area contributed by atoms with Crippen molar-refractivity contribution in [2.24, 2.45) is 0 Å². The van der Waals surface area contributed by atoms with E-state index >= 15 is 0 Å². The van der Waals surface area contributed by atoms with Crippen molar-refractivity contribution in [1.29, 1.82) is 0 Å². The lowest BCUT2D eigenvalue weighted by molar-refractivity contribution is -0.144. The number of aromatic nitrogens is 1. The fourth-order valence-electron chi connectivity index (χ4n) is 2.07. The average molecular weight is 289 g/mol. The number of nitrogens with zero attached hydrogens (tertiary/aromatic N) is 1. The van der Waals surface area contributed by atoms with Crippen molar-refractivity contribution >= 4 is 17.1 Å². The van der Waals surface area contributed by atoms with Crippen molar-refractivity contribution in [1.82, 2.24) is 4.98 Å². The van der Waals surface area contributed by atoms with Gasteiger partial charge in [0.25, 0.3) is 0 Å². The van der Waals surface area contributed by atoms with Crippen molar-refractivity contribution in [2.75, 3.05) is 19.8 Å². The first-order valence-electron chi connectivity index (χ1n) is 6.55. The Labute approximate surface area is 121 Å². The van der Waals surface area contributed by atoms with Gasteiger partial charge in [-0.2, -0.15) is 0 Å². The van der Waals surface area contributed by atoms with Crippen LogP contribution in [0.1, 0.15) is 5.01 Å². The van der Waals surface area contributed by atoms with Crippen LogP contribution >= 0.6 is 11.3 Å². The number of carbonyl (C=O) groups is 1. The van der Waals surface area contributed by atoms with Crippen LogP contribution in [0.5, 0.6) is 0 Å². The minimum Gasteiger partial charge on any atom is -0.376 e. The van der Waals surface area contributed by atoms with E-state index in [0.717, 1.165) is 16.3 Å². The molecule has 4 nitrogen and oxygen atoms in total. The number of benzene rings is 1. The van der Waals surface area contributed by atoms with E-state index in [4.69, 9.17) is 9.47 Å². The molecule has 0 spiro atoms. The van der Waals surface area contributed by atoms with Gasteiger partial charge in [0.2, 0.25) is 0 Å². The normalized spacial score (nSPS) is 18.9. The van der Waals surface area contributed by atoms with Gasteiger partial charge in [0, 0.05) is 10.9 Å². The first kappa shape index (κ1) is 13.4. The Balaban J connectivity index is 1.66. The van der Waals surface area contributed by atoms with Gasteiger partial charge in [-0.25, -0.2) is 4.98 Å². The molecule has 104 valence electrons. The van der Waals surface area contributed by atoms with Crippen molar-refractivity contribution in [2.45, 2.75) is 12.5 Å². The number of rotatable bonds is 4. The molecule has 2 aromatic rings. The summed E-state index contributed by atoms with van der Waals surface area (Å²) in [6.07, 6.45) is -0.126. The number of hydrogen-bond donors (Lipinski definition) is 0. The molecule has 1 unspecified atom stereocenters. The molecular formula is C15H15NO3S. The zero-order valence-corrected chi connectivity index (χ0v) is 11.8. The third-order valence-corrected chi connectivity index (χ3v) is 3.97. The van der Waals surface area contributed by atoms with Crippen LogP contribution in [-0.4, -0.2) is 36.7 Å². The highest BCUT2D eigenvalue weighted by Crippen LogP contribution is 2.22. The van der Waals surface area contributed by atoms with Crippen LogP contribution in [0.15, 0.2) is 35.7 Å². The number of Topliss-reactive ketones (excluding diaryl/α,β-unsaturated/α-hetero) is 1. The van der Waals surface area contributed by atoms with E-state index in [1.807, 2.05) is 35.7 Å². The van der Waals surface area contributed by atoms with Crippen molar-refractivity contribution in [3.63, 3.8) is 0 Å². The minimum absolute atomic E-state index is 0.0404. The van der Waals surface area contributed by atoms with Gasteiger partial charge < -0.3 is 9.47 Å². The summed E-state index contributed by atoms with van der Waals surface area (Å²) in [5, 5.41) is 2.80. The number of carbonyl (C=O) groups excluding carboxylic acids is 1. The van der Waals surface area contributed by atoms with E-state index in [0.29, 0.717) is 26.2 Å². The lowest BCUT2D eigenvalue weighted by atomic mass is 10.1. The molecule has 5 heteroatoms. The Bertz CT molecular complexity index is 576. The monoisotopic (exact) mass is 289 g/mol. The van der Waals surface area contributed by atoms with Crippen molar-refractivity contribution < 1.29 is 14.3 Å². The maximum absolute atomic E-state index is 12.1. The Hall–Kier alpha value is -1.56. The summed E-state index contributed by atoms with van der Waals surface area (Å²) in [6, 6.07) is 9.96. The molecule has 1 atom stereocenters. The molecule has 3 rings (SSSR count). The lowest BCUT2D eigenvalue weighted by Gasteiger charge is -2.21. The molecule has 2 heterocycles. The number of hydrogen-bond acceptors (Lipinski definition) is 5. The van der Waals surface area contributed by atoms with Gasteiger partial charge in [0.15, 0.2) is 5.78 Å². The second-order valence-corrected chi connectivity index (χ2v) is 5.51. The zero-order chi connectivity index (χ0) is 13.8. The summed E-state index contributed by atoms with van der Waals surface area (Å²) < 4.78 is 10.7. The number of ketones is 1. The summed E-state index contributed by atoms with van der Waals surface area (Å²) in [5.74, 6) is 0.0404. The molecule has 1 aromatic heterocycles. The number of thiazole rings is 1. The smallest absolute Gasteiger partial charge is 0.170 e. The fourth-order valence-corrected chi connectivity index (χ4v) is 2.88. The van der Waals surface area contributed by atoms with Crippen LogP contribution in [0.2, 0.25) is 0 Å². The van der Waals surface area contributed by atoms with Gasteiger partial charge in [-0.05, 0) is 0 Å². The molecule has 0 N–H and O–H groups in total. The summed E-state index contributed by atoms with van der Waals surface area (Å²) in [4.78, 5) is 16.6. The standard InChI is InChI=1S/C15H15NO3S/c17-13(14-9-18-6-7-19-14)8-15-16-12(10-20-15)11-4-2-1-3-5-11/h1-5,10,14H,6-9H2. The highest BCUT2D eigenvalue weighted by Gasteiger charge is 2.23. The summed E-state index contributed by atoms with van der Waals surface area (Å²) in [5.41, 5.74) is 1.99. The summed E-state index contributed by atoms with van der Waals surface area (Å²) in [6.45, 7) is 1.42. The van der Waals surface area contributed by atoms with Crippen LogP contribution in [0.3, 0.4) is 0 Å². The second-order valence-electron chi connectivity index (χ2n) is 4.57. The van der Waals surface area contributed by atoms with Crippen molar-refractivity contribution in [3.05, 3.63) is 40.7 Å². The SMILES string of the molecule is O=C(Cc1nc(-c2ccccc2)cs1)C1COCCO1. The van der Waals surface area contributed by atoms with E-state index in [1.54, 1.807) is 0 Å². The highest BCUT2D eigenvalue weighted by atomic mass is 32.1. The molecule has 20 heavy (non-hydrogen) atoms. The maximum atomic E-state index is 12.1. The van der Waals surface area contributed by atoms with Gasteiger partial charge in [0.05, 0.1) is 31.9 Å². The molecule has 0 radical (unpaired) electrons. The van der Waals surface area contributed by atoms with Crippen LogP contribution in [0.4, 0.5) is 0 Å². The van der Waals surface area contributed by atoms with Crippen molar-refractivity contribution in [3.8, 4) is 11.3 Å². The van der Waals surface area contributed by atoms with Gasteiger partial charge in [0.1, 0.15) is 11.1 Å². The Morgan fingerprint density at radius 2 is 2.15 bits per heavy atom. The largest absolute Gasteiger partial charge is 0.376 e. The molecule has 0 bridgehead atoms. The first-order valence-corrected chi connectivity index (χ1v) is 7.43. The molecule has 1 aliphatic heterocycles. The van der Waals surface area contributed by atoms with E-state index in [9.17, 15) is 4.79 Å². The quantitative estimate of drug-likeness (QED) is 0.867. The number of ether oxygens (including phenoxy) is 2. The van der Waals surface area contributed by atoms with Crippen LogP contribution in [0, 0.1) is 0 Å². The molecule has 0 aliphatic carbocycles. The summed E-state index contributed by atoms with van der Waals surface area (Å²) >= 11 is 1.51. The molecular weight excluding hydrogens is 274 g/mol. The predicted octanol–water partition coefficient (Wildman–Crippen LogP) is 2.34. The first-order chi connectivity index (χ1) is 9.83. The van der Waals surface area contributed by atoms with Gasteiger partial charge >= 0.3 is 0 Å². The third-order valence-electron chi connectivity index (χ3n) is 3.12. The second kappa shape index (κ2) is 6.26. The van der Waals surface area contributed by atoms with Gasteiger partial charge in [-0.3, -0.25) is 4.79 Å². The van der Waals surface area contributed by atoms with E-state index in [-0.39, 0.29) is 5.78 Å². The third kappa shape index (κ3) is 3.12. The Morgan fingerprint density at radius 3 is 2.90 bits per heavy atom. The predicted molar refractivity (Wildman–Crippen MR) is 76.8 cm³/mol. The zero-order valence-electron chi connectivity index (χ0n) is 11.0. The Morgan fingerprint density at radius 1 is 1.30 bits per heavy atom. The average Bonchev–Trinajstić information content (AvgIpc) is 2.97. The lowest BCUT2D eigenvalue weighted by Crippen LogP contribution is -2.36. The summed E-state index contributed by atoms with van der Waals surface area (Å²) in [7, 11) is 0. The molecule has 0 saturated carbocycles. The molecule has 1 saturated heterocycles. The highest BCUT2D eigenvalue weighted by molar-refractivity contribution is 7.10. The van der Waals surface area contributed by atoms with Crippen LogP contribution in [-0.2, 0) is 20.7 Å². The fraction of sp³-hybridized carbons (Fsp3) is 0.333. The van der Waals surface area contributed by atoms with Crippen LogP contribution < -0.4 is 0 Å². The molecule has 1 aromatic carbocycles. The van der Waals surface area contributed by atoms with E-state index in [2.05, 4.69) is 4.98 Å². The molecule has 0 amide bonds. The van der Waals surface area contributed by atoms with Gasteiger partial charge in [-0.15, -0.1) is 11.3 Å². The maximum Gasteiger partial charge on any atom is 0.170 e. The topological polar surface area (TPSA) is 48.4 Å². The van der Waals surface area contributed by atoms with E-state index in [1.165, 1.54) is 11.3 Å².